The highest BCUT2D eigenvalue weighted by molar-refractivity contribution is 6.04. The van der Waals surface area contributed by atoms with Crippen LogP contribution in [-0.4, -0.2) is 23.8 Å². The van der Waals surface area contributed by atoms with Crippen LogP contribution in [0.5, 0.6) is 0 Å². The summed E-state index contributed by atoms with van der Waals surface area (Å²) in [6.45, 7) is 1.33. The van der Waals surface area contributed by atoms with Crippen LogP contribution in [0.3, 0.4) is 0 Å². The van der Waals surface area contributed by atoms with Gasteiger partial charge in [0.25, 0.3) is 5.91 Å². The maximum Gasteiger partial charge on any atom is 0.254 e. The molecule has 7 heteroatoms. The SMILES string of the molecule is CC(=O)Nc1ccccc1C(=O)N[C@H](CCC#N)C(N)=O. The van der Waals surface area contributed by atoms with Crippen LogP contribution in [0.15, 0.2) is 24.3 Å². The first-order chi connectivity index (χ1) is 9.95. The minimum Gasteiger partial charge on any atom is -0.368 e. The molecule has 0 unspecified atom stereocenters. The van der Waals surface area contributed by atoms with Gasteiger partial charge < -0.3 is 16.4 Å². The summed E-state index contributed by atoms with van der Waals surface area (Å²) in [5.41, 5.74) is 5.75. The number of rotatable bonds is 6. The van der Waals surface area contributed by atoms with Crippen LogP contribution in [0.2, 0.25) is 0 Å². The lowest BCUT2D eigenvalue weighted by atomic mass is 10.1. The number of nitriles is 1. The van der Waals surface area contributed by atoms with Gasteiger partial charge in [0.15, 0.2) is 0 Å². The number of carbonyl (C=O) groups is 3. The molecule has 0 aliphatic heterocycles. The van der Waals surface area contributed by atoms with Gasteiger partial charge >= 0.3 is 0 Å². The largest absolute Gasteiger partial charge is 0.368 e. The van der Waals surface area contributed by atoms with Gasteiger partial charge in [0.2, 0.25) is 11.8 Å². The topological polar surface area (TPSA) is 125 Å². The summed E-state index contributed by atoms with van der Waals surface area (Å²) >= 11 is 0. The molecule has 0 fully saturated rings. The monoisotopic (exact) mass is 288 g/mol. The molecule has 0 radical (unpaired) electrons. The van der Waals surface area contributed by atoms with Crippen molar-refractivity contribution in [3.8, 4) is 6.07 Å². The third kappa shape index (κ3) is 4.95. The van der Waals surface area contributed by atoms with Gasteiger partial charge in [-0.05, 0) is 18.6 Å². The minimum atomic E-state index is -0.928. The minimum absolute atomic E-state index is 0.0984. The predicted molar refractivity (Wildman–Crippen MR) is 76.0 cm³/mol. The van der Waals surface area contributed by atoms with E-state index in [9.17, 15) is 14.4 Å². The summed E-state index contributed by atoms with van der Waals surface area (Å²) in [4.78, 5) is 34.5. The van der Waals surface area contributed by atoms with Gasteiger partial charge in [-0.1, -0.05) is 12.1 Å². The Morgan fingerprint density at radius 1 is 1.33 bits per heavy atom. The Hall–Kier alpha value is -2.88. The van der Waals surface area contributed by atoms with E-state index < -0.39 is 17.9 Å². The van der Waals surface area contributed by atoms with Crippen LogP contribution in [0.4, 0.5) is 5.69 Å². The second-order valence-electron chi connectivity index (χ2n) is 4.35. The van der Waals surface area contributed by atoms with Crippen LogP contribution in [0.25, 0.3) is 0 Å². The van der Waals surface area contributed by atoms with Crippen molar-refractivity contribution in [1.82, 2.24) is 5.32 Å². The Morgan fingerprint density at radius 2 is 2.00 bits per heavy atom. The van der Waals surface area contributed by atoms with Crippen molar-refractivity contribution >= 4 is 23.4 Å². The smallest absolute Gasteiger partial charge is 0.254 e. The number of hydrogen-bond acceptors (Lipinski definition) is 4. The lowest BCUT2D eigenvalue weighted by Gasteiger charge is -2.15. The summed E-state index contributed by atoms with van der Waals surface area (Å²) in [6, 6.07) is 7.35. The molecule has 1 rings (SSSR count). The van der Waals surface area contributed by atoms with E-state index >= 15 is 0 Å². The molecule has 0 saturated carbocycles. The van der Waals surface area contributed by atoms with Crippen LogP contribution in [0, 0.1) is 11.3 Å². The zero-order valence-corrected chi connectivity index (χ0v) is 11.6. The number of nitrogens with one attached hydrogen (secondary N) is 2. The number of para-hydroxylation sites is 1. The molecule has 110 valence electrons. The highest BCUT2D eigenvalue weighted by atomic mass is 16.2. The number of primary amides is 1. The summed E-state index contributed by atoms with van der Waals surface area (Å²) in [5, 5.41) is 13.5. The van der Waals surface area contributed by atoms with Crippen molar-refractivity contribution in [2.45, 2.75) is 25.8 Å². The Bertz CT molecular complexity index is 592. The average Bonchev–Trinajstić information content (AvgIpc) is 2.42. The lowest BCUT2D eigenvalue weighted by molar-refractivity contribution is -0.120. The van der Waals surface area contributed by atoms with Crippen molar-refractivity contribution in [1.29, 1.82) is 5.26 Å². The molecule has 4 N–H and O–H groups in total. The summed E-state index contributed by atoms with van der Waals surface area (Å²) in [6.07, 6.45) is 0.237. The molecule has 0 aromatic heterocycles. The quantitative estimate of drug-likeness (QED) is 0.706. The molecule has 0 heterocycles. The molecule has 0 bridgehead atoms. The van der Waals surface area contributed by atoms with Crippen molar-refractivity contribution < 1.29 is 14.4 Å². The van der Waals surface area contributed by atoms with Gasteiger partial charge in [-0.25, -0.2) is 0 Å². The van der Waals surface area contributed by atoms with Gasteiger partial charge in [-0.2, -0.15) is 5.26 Å². The fourth-order valence-electron chi connectivity index (χ4n) is 1.71. The second-order valence-corrected chi connectivity index (χ2v) is 4.35. The van der Waals surface area contributed by atoms with Crippen LogP contribution in [0.1, 0.15) is 30.1 Å². The molecule has 0 saturated heterocycles. The standard InChI is InChI=1S/C14H16N4O3/c1-9(19)17-11-6-3-2-5-10(11)14(21)18-12(13(16)20)7-4-8-15/h2-3,5-6,12H,4,7H2,1H3,(H2,16,20)(H,17,19)(H,18,21)/t12-/m1/s1. The van der Waals surface area contributed by atoms with Crippen molar-refractivity contribution in [2.75, 3.05) is 5.32 Å². The summed E-state index contributed by atoms with van der Waals surface area (Å²) in [5.74, 6) is -1.57. The van der Waals surface area contributed by atoms with Gasteiger partial charge in [-0.15, -0.1) is 0 Å². The average molecular weight is 288 g/mol. The third-order valence-electron chi connectivity index (χ3n) is 2.68. The Kier molecular flexibility index (Phi) is 5.89. The maximum atomic E-state index is 12.2. The molecular formula is C14H16N4O3. The Balaban J connectivity index is 2.90. The van der Waals surface area contributed by atoms with Gasteiger partial charge in [0, 0.05) is 13.3 Å². The molecule has 21 heavy (non-hydrogen) atoms. The first kappa shape index (κ1) is 16.2. The van der Waals surface area contributed by atoms with E-state index in [1.165, 1.54) is 13.0 Å². The number of benzene rings is 1. The Morgan fingerprint density at radius 3 is 2.57 bits per heavy atom. The number of anilines is 1. The molecule has 0 spiro atoms. The van der Waals surface area contributed by atoms with Crippen LogP contribution in [-0.2, 0) is 9.59 Å². The summed E-state index contributed by atoms with van der Waals surface area (Å²) < 4.78 is 0. The molecule has 1 atom stereocenters. The van der Waals surface area contributed by atoms with Crippen LogP contribution < -0.4 is 16.4 Å². The van der Waals surface area contributed by atoms with E-state index in [4.69, 9.17) is 11.0 Å². The third-order valence-corrected chi connectivity index (χ3v) is 2.68. The Labute approximate surface area is 122 Å². The van der Waals surface area contributed by atoms with Gasteiger partial charge in [0.1, 0.15) is 6.04 Å². The number of amides is 3. The fourth-order valence-corrected chi connectivity index (χ4v) is 1.71. The highest BCUT2D eigenvalue weighted by Crippen LogP contribution is 2.15. The molecule has 7 nitrogen and oxygen atoms in total. The summed E-state index contributed by atoms with van der Waals surface area (Å²) in [7, 11) is 0. The molecule has 0 aliphatic rings. The predicted octanol–water partition coefficient (Wildman–Crippen LogP) is 0.532. The first-order valence-electron chi connectivity index (χ1n) is 6.29. The van der Waals surface area contributed by atoms with Crippen molar-refractivity contribution in [3.63, 3.8) is 0 Å². The van der Waals surface area contributed by atoms with E-state index in [2.05, 4.69) is 10.6 Å². The molecular weight excluding hydrogens is 272 g/mol. The fraction of sp³-hybridized carbons (Fsp3) is 0.286. The van der Waals surface area contributed by atoms with Crippen molar-refractivity contribution in [3.05, 3.63) is 29.8 Å². The second kappa shape index (κ2) is 7.65. The van der Waals surface area contributed by atoms with E-state index in [1.54, 1.807) is 18.2 Å². The molecule has 1 aromatic carbocycles. The normalized spacial score (nSPS) is 11.0. The number of nitrogens with two attached hydrogens (primary N) is 1. The molecule has 1 aromatic rings. The number of hydrogen-bond donors (Lipinski definition) is 3. The van der Waals surface area contributed by atoms with Gasteiger partial charge in [0.05, 0.1) is 17.3 Å². The first-order valence-corrected chi connectivity index (χ1v) is 6.29. The molecule has 3 amide bonds. The number of carbonyl (C=O) groups excluding carboxylic acids is 3. The van der Waals surface area contributed by atoms with E-state index in [1.807, 2.05) is 6.07 Å². The van der Waals surface area contributed by atoms with Gasteiger partial charge in [-0.3, -0.25) is 14.4 Å². The molecule has 0 aliphatic carbocycles. The zero-order chi connectivity index (χ0) is 15.8. The zero-order valence-electron chi connectivity index (χ0n) is 11.6. The van der Waals surface area contributed by atoms with Crippen molar-refractivity contribution in [2.24, 2.45) is 5.73 Å². The number of nitrogens with zero attached hydrogens (tertiary/aromatic N) is 1. The maximum absolute atomic E-state index is 12.2. The van der Waals surface area contributed by atoms with E-state index in [0.29, 0.717) is 5.69 Å². The highest BCUT2D eigenvalue weighted by Gasteiger charge is 2.20. The van der Waals surface area contributed by atoms with E-state index in [-0.39, 0.29) is 24.3 Å². The van der Waals surface area contributed by atoms with E-state index in [0.717, 1.165) is 0 Å². The van der Waals surface area contributed by atoms with Crippen LogP contribution >= 0.6 is 0 Å². The lowest BCUT2D eigenvalue weighted by Crippen LogP contribution is -2.44.